The molecule has 0 aromatic carbocycles. The second kappa shape index (κ2) is 3.91. The monoisotopic (exact) mass is 224 g/mol. The normalized spacial score (nSPS) is 13.1. The molecule has 6 N–H and O–H groups in total. The van der Waals surface area contributed by atoms with E-state index < -0.39 is 6.10 Å². The van der Waals surface area contributed by atoms with Crippen LogP contribution in [0.2, 0.25) is 0 Å². The van der Waals surface area contributed by atoms with Gasteiger partial charge in [0.05, 0.1) is 25.6 Å². The smallest absolute Gasteiger partial charge is 0.224 e. The second-order valence-electron chi connectivity index (χ2n) is 3.37. The number of aliphatic hydroxyl groups is 2. The van der Waals surface area contributed by atoms with Crippen molar-refractivity contribution in [3.8, 4) is 0 Å². The molecule has 2 aromatic rings. The Balaban J connectivity index is 2.47. The van der Waals surface area contributed by atoms with Crippen LogP contribution in [0, 0.1) is 0 Å². The lowest BCUT2D eigenvalue weighted by atomic mass is 10.4. The molecule has 0 fully saturated rings. The van der Waals surface area contributed by atoms with Gasteiger partial charge in [-0.1, -0.05) is 0 Å². The Morgan fingerprint density at radius 3 is 2.81 bits per heavy atom. The van der Waals surface area contributed by atoms with E-state index in [0.29, 0.717) is 11.2 Å². The molecule has 8 nitrogen and oxygen atoms in total. The Morgan fingerprint density at radius 1 is 1.38 bits per heavy atom. The van der Waals surface area contributed by atoms with E-state index in [4.69, 9.17) is 16.6 Å². The van der Waals surface area contributed by atoms with Gasteiger partial charge in [-0.25, -0.2) is 4.98 Å². The van der Waals surface area contributed by atoms with Crippen molar-refractivity contribution in [3.63, 3.8) is 0 Å². The summed E-state index contributed by atoms with van der Waals surface area (Å²) < 4.78 is 1.56. The van der Waals surface area contributed by atoms with Gasteiger partial charge in [-0.05, 0) is 0 Å². The average Bonchev–Trinajstić information content (AvgIpc) is 2.61. The maximum absolute atomic E-state index is 9.32. The highest BCUT2D eigenvalue weighted by Gasteiger charge is 2.12. The average molecular weight is 224 g/mol. The van der Waals surface area contributed by atoms with Crippen LogP contribution in [0.15, 0.2) is 6.33 Å². The number of aliphatic hydroxyl groups excluding tert-OH is 2. The van der Waals surface area contributed by atoms with Crippen molar-refractivity contribution in [3.05, 3.63) is 6.33 Å². The minimum Gasteiger partial charge on any atom is -0.394 e. The lowest BCUT2D eigenvalue weighted by Crippen LogP contribution is -2.19. The molecule has 0 bridgehead atoms. The first-order chi connectivity index (χ1) is 7.61. The fourth-order valence-electron chi connectivity index (χ4n) is 1.40. The highest BCUT2D eigenvalue weighted by Crippen LogP contribution is 2.16. The molecule has 0 radical (unpaired) electrons. The van der Waals surface area contributed by atoms with Crippen LogP contribution in [0.3, 0.4) is 0 Å². The Morgan fingerprint density at radius 2 is 2.12 bits per heavy atom. The van der Waals surface area contributed by atoms with Crippen molar-refractivity contribution >= 4 is 22.9 Å². The number of aromatic nitrogens is 4. The number of hydrogen-bond acceptors (Lipinski definition) is 7. The maximum Gasteiger partial charge on any atom is 0.224 e. The predicted molar refractivity (Wildman–Crippen MR) is 57.2 cm³/mol. The van der Waals surface area contributed by atoms with E-state index in [-0.39, 0.29) is 24.9 Å². The van der Waals surface area contributed by atoms with Crippen molar-refractivity contribution in [2.45, 2.75) is 12.6 Å². The van der Waals surface area contributed by atoms with E-state index in [1.807, 2.05) is 0 Å². The summed E-state index contributed by atoms with van der Waals surface area (Å²) in [6.07, 6.45) is 0.586. The van der Waals surface area contributed by atoms with Crippen LogP contribution in [0.5, 0.6) is 0 Å². The number of rotatable bonds is 3. The predicted octanol–water partition coefficient (Wildman–Crippen LogP) is -1.66. The summed E-state index contributed by atoms with van der Waals surface area (Å²) in [5, 5.41) is 18.1. The van der Waals surface area contributed by atoms with Crippen LogP contribution in [0.25, 0.3) is 11.2 Å². The molecule has 0 aliphatic carbocycles. The lowest BCUT2D eigenvalue weighted by molar-refractivity contribution is 0.0820. The lowest BCUT2D eigenvalue weighted by Gasteiger charge is -2.08. The zero-order chi connectivity index (χ0) is 11.7. The topological polar surface area (TPSA) is 136 Å². The fourth-order valence-corrected chi connectivity index (χ4v) is 1.40. The molecule has 0 saturated carbocycles. The number of anilines is 2. The summed E-state index contributed by atoms with van der Waals surface area (Å²) in [6, 6.07) is 0. The molecule has 0 saturated heterocycles. The van der Waals surface area contributed by atoms with E-state index in [9.17, 15) is 5.11 Å². The van der Waals surface area contributed by atoms with Gasteiger partial charge >= 0.3 is 0 Å². The van der Waals surface area contributed by atoms with Crippen LogP contribution in [0.1, 0.15) is 0 Å². The van der Waals surface area contributed by atoms with Gasteiger partial charge < -0.3 is 26.2 Å². The van der Waals surface area contributed by atoms with E-state index in [1.165, 1.54) is 6.33 Å². The number of imidazole rings is 1. The third-order valence-corrected chi connectivity index (χ3v) is 2.13. The summed E-state index contributed by atoms with van der Waals surface area (Å²) in [6.45, 7) is -0.168. The molecule has 0 unspecified atom stereocenters. The number of fused-ring (bicyclic) bond motifs is 1. The second-order valence-corrected chi connectivity index (χ2v) is 3.37. The summed E-state index contributed by atoms with van der Waals surface area (Å²) in [4.78, 5) is 11.8. The maximum atomic E-state index is 9.32. The van der Waals surface area contributed by atoms with Crippen molar-refractivity contribution in [1.82, 2.24) is 19.5 Å². The molecule has 2 aromatic heterocycles. The summed E-state index contributed by atoms with van der Waals surface area (Å²) in [7, 11) is 0. The quantitative estimate of drug-likeness (QED) is 0.490. The summed E-state index contributed by atoms with van der Waals surface area (Å²) in [5.74, 6) is 0.241. The highest BCUT2D eigenvalue weighted by atomic mass is 16.3. The SMILES string of the molecule is Nc1nc(N)c2ncn(C[C@@H](O)CO)c2n1. The zero-order valence-electron chi connectivity index (χ0n) is 8.41. The first-order valence-electron chi connectivity index (χ1n) is 4.64. The molecule has 86 valence electrons. The molecule has 0 amide bonds. The molecule has 0 spiro atoms. The Labute approximate surface area is 90.6 Å². The molecular formula is C8H12N6O2. The largest absolute Gasteiger partial charge is 0.394 e. The zero-order valence-corrected chi connectivity index (χ0v) is 8.41. The van der Waals surface area contributed by atoms with Crippen LogP contribution in [-0.4, -0.2) is 42.4 Å². The van der Waals surface area contributed by atoms with Crippen LogP contribution in [0.4, 0.5) is 11.8 Å². The van der Waals surface area contributed by atoms with Gasteiger partial charge in [0.2, 0.25) is 5.95 Å². The van der Waals surface area contributed by atoms with E-state index in [1.54, 1.807) is 4.57 Å². The highest BCUT2D eigenvalue weighted by molar-refractivity contribution is 5.82. The molecule has 0 aliphatic rings. The molecular weight excluding hydrogens is 212 g/mol. The van der Waals surface area contributed by atoms with Gasteiger partial charge in [0.15, 0.2) is 11.5 Å². The van der Waals surface area contributed by atoms with Crippen LogP contribution in [-0.2, 0) is 6.54 Å². The van der Waals surface area contributed by atoms with Gasteiger partial charge in [0.1, 0.15) is 5.52 Å². The van der Waals surface area contributed by atoms with E-state index in [0.717, 1.165) is 0 Å². The molecule has 2 rings (SSSR count). The minimum atomic E-state index is -0.880. The van der Waals surface area contributed by atoms with Crippen molar-refractivity contribution < 1.29 is 10.2 Å². The van der Waals surface area contributed by atoms with E-state index >= 15 is 0 Å². The Hall–Kier alpha value is -1.93. The van der Waals surface area contributed by atoms with E-state index in [2.05, 4.69) is 15.0 Å². The summed E-state index contributed by atoms with van der Waals surface area (Å²) >= 11 is 0. The molecule has 2 heterocycles. The first-order valence-corrected chi connectivity index (χ1v) is 4.64. The minimum absolute atomic E-state index is 0.0465. The van der Waals surface area contributed by atoms with Gasteiger partial charge in [0.25, 0.3) is 0 Å². The number of nitrogens with zero attached hydrogens (tertiary/aromatic N) is 4. The Bertz CT molecular complexity index is 510. The van der Waals surface area contributed by atoms with Gasteiger partial charge in [0, 0.05) is 0 Å². The van der Waals surface area contributed by atoms with Crippen molar-refractivity contribution in [2.24, 2.45) is 0 Å². The molecule has 8 heteroatoms. The fraction of sp³-hybridized carbons (Fsp3) is 0.375. The number of hydrogen-bond donors (Lipinski definition) is 4. The third-order valence-electron chi connectivity index (χ3n) is 2.13. The first kappa shape index (κ1) is 10.6. The van der Waals surface area contributed by atoms with Crippen LogP contribution < -0.4 is 11.5 Å². The van der Waals surface area contributed by atoms with Crippen molar-refractivity contribution in [2.75, 3.05) is 18.1 Å². The van der Waals surface area contributed by atoms with Crippen molar-refractivity contribution in [1.29, 1.82) is 0 Å². The van der Waals surface area contributed by atoms with Crippen LogP contribution >= 0.6 is 0 Å². The standard InChI is InChI=1S/C8H12N6O2/c9-6-5-7(13-8(10)12-6)14(3-11-5)1-4(16)2-15/h3-4,15-16H,1-2H2,(H4,9,10,12,13)/t4-/m1/s1. The van der Waals surface area contributed by atoms with Gasteiger partial charge in [-0.3, -0.25) is 0 Å². The van der Waals surface area contributed by atoms with Gasteiger partial charge in [-0.15, -0.1) is 0 Å². The number of nitrogen functional groups attached to an aromatic ring is 2. The molecule has 0 aliphatic heterocycles. The third kappa shape index (κ3) is 1.75. The molecule has 1 atom stereocenters. The number of nitrogens with two attached hydrogens (primary N) is 2. The summed E-state index contributed by atoms with van der Waals surface area (Å²) in [5.41, 5.74) is 11.9. The molecule has 16 heavy (non-hydrogen) atoms. The Kier molecular flexibility index (Phi) is 2.59. The van der Waals surface area contributed by atoms with Gasteiger partial charge in [-0.2, -0.15) is 9.97 Å².